The molecule has 10 heteroatoms. The molecular weight excluding hydrogens is 518 g/mol. The number of carbonyl (C=O) groups is 1. The smallest absolute Gasteiger partial charge is 0.247 e. The molecule has 9 nitrogen and oxygen atoms in total. The molecule has 4 rings (SSSR count). The third kappa shape index (κ3) is 7.26. The summed E-state index contributed by atoms with van der Waals surface area (Å²) in [4.78, 5) is 16.8. The first-order chi connectivity index (χ1) is 18.7. The number of likely N-dealkylation sites (N-methyl/N-ethyl adjacent to an activating group) is 1. The number of aliphatic hydroxyl groups is 1. The topological polar surface area (TPSA) is 99.6 Å². The summed E-state index contributed by atoms with van der Waals surface area (Å²) in [5.74, 6) is -0.0299. The Morgan fingerprint density at radius 3 is 2.51 bits per heavy atom. The van der Waals surface area contributed by atoms with Crippen LogP contribution in [0, 0.1) is 5.92 Å². The van der Waals surface area contributed by atoms with Crippen molar-refractivity contribution in [3.8, 4) is 5.75 Å². The van der Waals surface area contributed by atoms with Gasteiger partial charge in [-0.05, 0) is 30.2 Å². The third-order valence-corrected chi connectivity index (χ3v) is 9.32. The molecule has 1 fully saturated rings. The molecule has 1 amide bonds. The van der Waals surface area contributed by atoms with Crippen LogP contribution in [0.15, 0.2) is 53.4 Å². The van der Waals surface area contributed by atoms with Crippen LogP contribution in [-0.2, 0) is 19.6 Å². The van der Waals surface area contributed by atoms with Gasteiger partial charge >= 0.3 is 0 Å². The SMILES string of the molecule is C[C@H](CO)N1C[C@H](C)[C@@H](CN(C)C(=O)CN2CCOCC2)Oc2cc(/C=C/c3ccccc3)ccc2S1(=O)=O. The van der Waals surface area contributed by atoms with Crippen LogP contribution in [0.5, 0.6) is 5.75 Å². The second-order valence-corrected chi connectivity index (χ2v) is 12.2. The first-order valence-electron chi connectivity index (χ1n) is 13.4. The third-order valence-electron chi connectivity index (χ3n) is 7.30. The molecule has 1 saturated heterocycles. The average Bonchev–Trinajstić information content (AvgIpc) is 2.94. The van der Waals surface area contributed by atoms with Gasteiger partial charge in [-0.15, -0.1) is 0 Å². The fraction of sp³-hybridized carbons (Fsp3) is 0.483. The molecule has 2 aliphatic heterocycles. The van der Waals surface area contributed by atoms with Crippen molar-refractivity contribution in [2.45, 2.75) is 30.9 Å². The fourth-order valence-corrected chi connectivity index (χ4v) is 6.59. The highest BCUT2D eigenvalue weighted by atomic mass is 32.2. The van der Waals surface area contributed by atoms with Gasteiger partial charge in [-0.25, -0.2) is 8.42 Å². The second kappa shape index (κ2) is 13.1. The minimum Gasteiger partial charge on any atom is -0.487 e. The molecular formula is C29H39N3O6S. The minimum atomic E-state index is -3.93. The number of amides is 1. The van der Waals surface area contributed by atoms with Gasteiger partial charge in [0.05, 0.1) is 32.9 Å². The van der Waals surface area contributed by atoms with Gasteiger partial charge in [0.1, 0.15) is 16.7 Å². The van der Waals surface area contributed by atoms with Crippen molar-refractivity contribution in [1.82, 2.24) is 14.1 Å². The van der Waals surface area contributed by atoms with E-state index in [4.69, 9.17) is 9.47 Å². The summed E-state index contributed by atoms with van der Waals surface area (Å²) in [6.07, 6.45) is 3.41. The minimum absolute atomic E-state index is 0.0252. The highest BCUT2D eigenvalue weighted by Crippen LogP contribution is 2.34. The Bertz CT molecular complexity index is 1250. The van der Waals surface area contributed by atoms with Crippen LogP contribution in [-0.4, -0.2) is 105 Å². The molecule has 0 spiro atoms. The number of sulfonamides is 1. The van der Waals surface area contributed by atoms with E-state index >= 15 is 0 Å². The zero-order valence-corrected chi connectivity index (χ0v) is 23.7. The van der Waals surface area contributed by atoms with E-state index in [1.807, 2.05) is 49.4 Å². The highest BCUT2D eigenvalue weighted by molar-refractivity contribution is 7.89. The highest BCUT2D eigenvalue weighted by Gasteiger charge is 2.38. The van der Waals surface area contributed by atoms with Crippen molar-refractivity contribution in [3.63, 3.8) is 0 Å². The summed E-state index contributed by atoms with van der Waals surface area (Å²) >= 11 is 0. The van der Waals surface area contributed by atoms with Gasteiger partial charge in [-0.3, -0.25) is 9.69 Å². The molecule has 0 radical (unpaired) electrons. The Balaban J connectivity index is 1.62. The van der Waals surface area contributed by atoms with E-state index in [-0.39, 0.29) is 35.6 Å². The molecule has 3 atom stereocenters. The summed E-state index contributed by atoms with van der Waals surface area (Å²) in [6, 6.07) is 14.3. The molecule has 212 valence electrons. The normalized spacial score (nSPS) is 22.9. The number of hydrogen-bond donors (Lipinski definition) is 1. The summed E-state index contributed by atoms with van der Waals surface area (Å²) in [5.41, 5.74) is 1.81. The molecule has 1 N–H and O–H groups in total. The van der Waals surface area contributed by atoms with Gasteiger partial charge in [0.2, 0.25) is 15.9 Å². The maximum absolute atomic E-state index is 13.7. The predicted molar refractivity (Wildman–Crippen MR) is 151 cm³/mol. The number of nitrogens with zero attached hydrogens (tertiary/aromatic N) is 3. The Kier molecular flexibility index (Phi) is 9.79. The Hall–Kier alpha value is -2.76. The van der Waals surface area contributed by atoms with Crippen molar-refractivity contribution in [2.24, 2.45) is 5.92 Å². The Labute approximate surface area is 231 Å². The summed E-state index contributed by atoms with van der Waals surface area (Å²) in [7, 11) is -2.18. The zero-order chi connectivity index (χ0) is 28.0. The quantitative estimate of drug-likeness (QED) is 0.498. The van der Waals surface area contributed by atoms with E-state index in [9.17, 15) is 18.3 Å². The van der Waals surface area contributed by atoms with Gasteiger partial charge in [0, 0.05) is 38.6 Å². The predicted octanol–water partition coefficient (Wildman–Crippen LogP) is 2.42. The van der Waals surface area contributed by atoms with Crippen LogP contribution >= 0.6 is 0 Å². The first kappa shape index (κ1) is 29.2. The van der Waals surface area contributed by atoms with E-state index in [0.29, 0.717) is 39.4 Å². The van der Waals surface area contributed by atoms with E-state index in [1.54, 1.807) is 37.1 Å². The number of morpholine rings is 1. The number of ether oxygens (including phenoxy) is 2. The lowest BCUT2D eigenvalue weighted by atomic mass is 10.0. The molecule has 0 aliphatic carbocycles. The average molecular weight is 558 g/mol. The molecule has 0 aromatic heterocycles. The van der Waals surface area contributed by atoms with Crippen LogP contribution in [0.1, 0.15) is 25.0 Å². The van der Waals surface area contributed by atoms with Crippen molar-refractivity contribution < 1.29 is 27.8 Å². The number of benzene rings is 2. The molecule has 0 bridgehead atoms. The number of rotatable bonds is 8. The van der Waals surface area contributed by atoms with Crippen LogP contribution in [0.3, 0.4) is 0 Å². The van der Waals surface area contributed by atoms with Crippen LogP contribution in [0.2, 0.25) is 0 Å². The second-order valence-electron chi connectivity index (χ2n) is 10.4. The van der Waals surface area contributed by atoms with E-state index < -0.39 is 22.2 Å². The summed E-state index contributed by atoms with van der Waals surface area (Å²) in [5, 5.41) is 9.86. The van der Waals surface area contributed by atoms with E-state index in [1.165, 1.54) is 4.31 Å². The lowest BCUT2D eigenvalue weighted by Gasteiger charge is -2.38. The lowest BCUT2D eigenvalue weighted by Crippen LogP contribution is -2.51. The first-order valence-corrected chi connectivity index (χ1v) is 14.8. The molecule has 39 heavy (non-hydrogen) atoms. The molecule has 2 aromatic carbocycles. The van der Waals surface area contributed by atoms with Crippen LogP contribution in [0.4, 0.5) is 0 Å². The van der Waals surface area contributed by atoms with Crippen LogP contribution in [0.25, 0.3) is 12.2 Å². The van der Waals surface area contributed by atoms with Crippen molar-refractivity contribution in [3.05, 3.63) is 59.7 Å². The molecule has 2 aromatic rings. The largest absolute Gasteiger partial charge is 0.487 e. The Morgan fingerprint density at radius 2 is 1.82 bits per heavy atom. The van der Waals surface area contributed by atoms with Crippen molar-refractivity contribution in [2.75, 3.05) is 59.6 Å². The van der Waals surface area contributed by atoms with E-state index in [0.717, 1.165) is 11.1 Å². The van der Waals surface area contributed by atoms with Gasteiger partial charge < -0.3 is 19.5 Å². The van der Waals surface area contributed by atoms with E-state index in [2.05, 4.69) is 4.90 Å². The molecule has 0 saturated carbocycles. The summed E-state index contributed by atoms with van der Waals surface area (Å²) < 4.78 is 40.6. The molecule has 2 heterocycles. The van der Waals surface area contributed by atoms with Crippen LogP contribution < -0.4 is 4.74 Å². The lowest BCUT2D eigenvalue weighted by molar-refractivity contribution is -0.133. The standard InChI is InChI=1S/C29H39N3O6S/c1-22-18-32(23(2)21-33)39(35,36)28-12-11-25(10-9-24-7-5-4-6-8-24)17-26(28)38-27(22)19-30(3)29(34)20-31-13-15-37-16-14-31/h4-12,17,22-23,27,33H,13-16,18-21H2,1-3H3/b10-9+/t22-,23+,27+/m0/s1. The fourth-order valence-electron chi connectivity index (χ4n) is 4.76. The molecule has 2 aliphatic rings. The van der Waals surface area contributed by atoms with Gasteiger partial charge in [-0.1, -0.05) is 55.5 Å². The monoisotopic (exact) mass is 557 g/mol. The number of hydrogen-bond acceptors (Lipinski definition) is 7. The maximum atomic E-state index is 13.7. The van der Waals surface area contributed by atoms with Gasteiger partial charge in [0.15, 0.2) is 0 Å². The molecule has 0 unspecified atom stereocenters. The van der Waals surface area contributed by atoms with Crippen molar-refractivity contribution >= 4 is 28.1 Å². The van der Waals surface area contributed by atoms with Gasteiger partial charge in [0.25, 0.3) is 0 Å². The Morgan fingerprint density at radius 1 is 1.13 bits per heavy atom. The van der Waals surface area contributed by atoms with Gasteiger partial charge in [-0.2, -0.15) is 4.31 Å². The summed E-state index contributed by atoms with van der Waals surface area (Å²) in [6.45, 7) is 6.73. The van der Waals surface area contributed by atoms with Crippen molar-refractivity contribution in [1.29, 1.82) is 0 Å². The number of fused-ring (bicyclic) bond motifs is 1. The zero-order valence-electron chi connectivity index (χ0n) is 22.9. The number of aliphatic hydroxyl groups excluding tert-OH is 1. The number of carbonyl (C=O) groups excluding carboxylic acids is 1. The maximum Gasteiger partial charge on any atom is 0.247 e.